The highest BCUT2D eigenvalue weighted by Crippen LogP contribution is 2.20. The minimum Gasteiger partial charge on any atom is -0.459 e. The molecule has 0 spiro atoms. The first kappa shape index (κ1) is 21.0. The number of benzene rings is 1. The van der Waals surface area contributed by atoms with Crippen LogP contribution in [0, 0.1) is 17.0 Å². The summed E-state index contributed by atoms with van der Waals surface area (Å²) in [6, 6.07) is 8.75. The molecule has 0 N–H and O–H groups in total. The molecule has 4 rings (SSSR count). The zero-order valence-corrected chi connectivity index (χ0v) is 17.0. The van der Waals surface area contributed by atoms with E-state index in [1.54, 1.807) is 12.3 Å². The predicted octanol–water partition coefficient (Wildman–Crippen LogP) is 2.34. The summed E-state index contributed by atoms with van der Waals surface area (Å²) in [7, 11) is 0. The Bertz CT molecular complexity index is 1460. The highest BCUT2D eigenvalue weighted by molar-refractivity contribution is 5.75. The van der Waals surface area contributed by atoms with Crippen molar-refractivity contribution in [1.29, 1.82) is 0 Å². The molecule has 32 heavy (non-hydrogen) atoms. The molecular formula is C21H18N4O7. The van der Waals surface area contributed by atoms with Crippen molar-refractivity contribution in [3.05, 3.63) is 84.9 Å². The average Bonchev–Trinajstić information content (AvgIpc) is 3.07. The van der Waals surface area contributed by atoms with E-state index in [0.29, 0.717) is 16.9 Å². The van der Waals surface area contributed by atoms with Crippen molar-refractivity contribution in [1.82, 2.24) is 14.0 Å². The number of carbonyl (C=O) groups is 1. The summed E-state index contributed by atoms with van der Waals surface area (Å²) in [6.07, 6.45) is 2.00. The van der Waals surface area contributed by atoms with Gasteiger partial charge in [-0.25, -0.2) is 9.78 Å². The molecule has 0 amide bonds. The number of non-ortho nitro benzene ring substituents is 1. The molecule has 0 unspecified atom stereocenters. The van der Waals surface area contributed by atoms with Crippen LogP contribution in [-0.2, 0) is 22.7 Å². The largest absolute Gasteiger partial charge is 0.459 e. The molecule has 11 heteroatoms. The second-order valence-electron chi connectivity index (χ2n) is 7.21. The summed E-state index contributed by atoms with van der Waals surface area (Å²) in [5.41, 5.74) is 1.78. The Kier molecular flexibility index (Phi) is 5.54. The van der Waals surface area contributed by atoms with Crippen LogP contribution in [0.2, 0.25) is 0 Å². The highest BCUT2D eigenvalue weighted by Gasteiger charge is 2.14. The molecule has 11 nitrogen and oxygen atoms in total. The minimum absolute atomic E-state index is 0.0256. The molecule has 3 heterocycles. The summed E-state index contributed by atoms with van der Waals surface area (Å²) in [4.78, 5) is 50.9. The van der Waals surface area contributed by atoms with Gasteiger partial charge in [0.25, 0.3) is 11.2 Å². The van der Waals surface area contributed by atoms with E-state index in [4.69, 9.17) is 9.15 Å². The van der Waals surface area contributed by atoms with Gasteiger partial charge in [0.1, 0.15) is 12.3 Å². The van der Waals surface area contributed by atoms with E-state index in [-0.39, 0.29) is 42.8 Å². The van der Waals surface area contributed by atoms with Crippen molar-refractivity contribution >= 4 is 28.4 Å². The quantitative estimate of drug-likeness (QED) is 0.243. The Morgan fingerprint density at radius 3 is 2.81 bits per heavy atom. The molecule has 0 bridgehead atoms. The Hall–Kier alpha value is -4.28. The van der Waals surface area contributed by atoms with Crippen LogP contribution in [0.15, 0.2) is 56.6 Å². The van der Waals surface area contributed by atoms with Crippen molar-refractivity contribution in [2.24, 2.45) is 0 Å². The molecule has 3 aromatic heterocycles. The van der Waals surface area contributed by atoms with Gasteiger partial charge in [0.15, 0.2) is 5.58 Å². The maximum Gasteiger partial charge on any atom is 0.419 e. The number of nitro benzene ring substituents is 1. The number of oxazole rings is 1. The number of esters is 1. The number of nitro groups is 1. The van der Waals surface area contributed by atoms with Crippen molar-refractivity contribution in [3.8, 4) is 0 Å². The number of fused-ring (bicyclic) bond motifs is 2. The van der Waals surface area contributed by atoms with Crippen LogP contribution in [0.1, 0.15) is 24.1 Å². The van der Waals surface area contributed by atoms with E-state index in [2.05, 4.69) is 4.98 Å². The molecule has 0 radical (unpaired) electrons. The summed E-state index contributed by atoms with van der Waals surface area (Å²) in [6.45, 7) is 1.90. The number of aryl methyl sites for hydroxylation is 2. The molecule has 0 aliphatic carbocycles. The van der Waals surface area contributed by atoms with E-state index >= 15 is 0 Å². The van der Waals surface area contributed by atoms with Crippen LogP contribution in [-0.4, -0.2) is 24.8 Å². The number of carbonyl (C=O) groups excluding carboxylic acids is 1. The first-order valence-electron chi connectivity index (χ1n) is 9.74. The third kappa shape index (κ3) is 4.26. The lowest BCUT2D eigenvalue weighted by Gasteiger charge is -2.07. The number of ether oxygens (including phenoxy) is 1. The minimum atomic E-state index is -0.662. The van der Waals surface area contributed by atoms with Gasteiger partial charge in [-0.3, -0.25) is 28.7 Å². The third-order valence-electron chi connectivity index (χ3n) is 4.87. The number of nitrogens with zero attached hydrogens (tertiary/aromatic N) is 4. The normalized spacial score (nSPS) is 11.2. The molecule has 0 fully saturated rings. The van der Waals surface area contributed by atoms with Gasteiger partial charge in [0.05, 0.1) is 22.2 Å². The fourth-order valence-corrected chi connectivity index (χ4v) is 3.32. The monoisotopic (exact) mass is 438 g/mol. The number of hydrogen-bond acceptors (Lipinski definition) is 8. The maximum atomic E-state index is 12.2. The molecule has 0 aliphatic heterocycles. The smallest absolute Gasteiger partial charge is 0.419 e. The zero-order chi connectivity index (χ0) is 22.8. The lowest BCUT2D eigenvalue weighted by molar-refractivity contribution is -0.384. The molecule has 0 saturated carbocycles. The van der Waals surface area contributed by atoms with Gasteiger partial charge in [-0.2, -0.15) is 0 Å². The SMILES string of the molecule is Cc1ccc2nc(COC(=O)CCCn3c(=O)oc4cc([N+](=O)[O-])ccc43)cc(=O)n2c1. The Morgan fingerprint density at radius 1 is 1.22 bits per heavy atom. The van der Waals surface area contributed by atoms with Gasteiger partial charge < -0.3 is 9.15 Å². The number of hydrogen-bond donors (Lipinski definition) is 0. The molecular weight excluding hydrogens is 420 g/mol. The Balaban J connectivity index is 1.36. The van der Waals surface area contributed by atoms with Gasteiger partial charge in [-0.15, -0.1) is 0 Å². The van der Waals surface area contributed by atoms with Crippen molar-refractivity contribution in [3.63, 3.8) is 0 Å². The second kappa shape index (κ2) is 8.46. The Morgan fingerprint density at radius 2 is 2.03 bits per heavy atom. The van der Waals surface area contributed by atoms with Crippen LogP contribution in [0.25, 0.3) is 16.7 Å². The molecule has 0 saturated heterocycles. The fourth-order valence-electron chi connectivity index (χ4n) is 3.32. The Labute approximate surface area is 179 Å². The lowest BCUT2D eigenvalue weighted by atomic mass is 10.2. The van der Waals surface area contributed by atoms with Crippen LogP contribution in [0.3, 0.4) is 0 Å². The summed E-state index contributed by atoms with van der Waals surface area (Å²) < 4.78 is 13.0. The van der Waals surface area contributed by atoms with E-state index in [1.807, 2.05) is 13.0 Å². The topological polar surface area (TPSA) is 139 Å². The molecule has 4 aromatic rings. The summed E-state index contributed by atoms with van der Waals surface area (Å²) >= 11 is 0. The summed E-state index contributed by atoms with van der Waals surface area (Å²) in [5, 5.41) is 10.8. The molecule has 0 atom stereocenters. The molecule has 1 aromatic carbocycles. The first-order chi connectivity index (χ1) is 15.3. The average molecular weight is 438 g/mol. The van der Waals surface area contributed by atoms with Crippen LogP contribution >= 0.6 is 0 Å². The van der Waals surface area contributed by atoms with Crippen LogP contribution in [0.5, 0.6) is 0 Å². The first-order valence-corrected chi connectivity index (χ1v) is 9.74. The van der Waals surface area contributed by atoms with Gasteiger partial charge in [0, 0.05) is 31.3 Å². The zero-order valence-electron chi connectivity index (χ0n) is 17.0. The van der Waals surface area contributed by atoms with Gasteiger partial charge >= 0.3 is 11.7 Å². The van der Waals surface area contributed by atoms with Crippen molar-refractivity contribution in [2.75, 3.05) is 0 Å². The van der Waals surface area contributed by atoms with E-state index in [0.717, 1.165) is 5.56 Å². The van der Waals surface area contributed by atoms with Crippen molar-refractivity contribution < 1.29 is 18.9 Å². The van der Waals surface area contributed by atoms with Crippen molar-refractivity contribution in [2.45, 2.75) is 32.9 Å². The number of aromatic nitrogens is 3. The van der Waals surface area contributed by atoms with Gasteiger partial charge in [-0.1, -0.05) is 6.07 Å². The van der Waals surface area contributed by atoms with Gasteiger partial charge in [0.2, 0.25) is 0 Å². The molecule has 0 aliphatic rings. The fraction of sp³-hybridized carbons (Fsp3) is 0.238. The van der Waals surface area contributed by atoms with E-state index < -0.39 is 16.6 Å². The van der Waals surface area contributed by atoms with Crippen LogP contribution < -0.4 is 11.3 Å². The number of pyridine rings is 1. The molecule has 164 valence electrons. The standard InChI is InChI=1S/C21H18N4O7/c1-13-4-7-18-22-14(9-19(26)24(18)11-13)12-31-20(27)3-2-8-23-16-6-5-15(25(29)30)10-17(16)32-21(23)28/h4-7,9-11H,2-3,8,12H2,1H3. The lowest BCUT2D eigenvalue weighted by Crippen LogP contribution is -2.17. The predicted molar refractivity (Wildman–Crippen MR) is 112 cm³/mol. The van der Waals surface area contributed by atoms with E-state index in [9.17, 15) is 24.5 Å². The second-order valence-corrected chi connectivity index (χ2v) is 7.21. The summed E-state index contributed by atoms with van der Waals surface area (Å²) in [5.74, 6) is -1.17. The maximum absolute atomic E-state index is 12.2. The van der Waals surface area contributed by atoms with E-state index in [1.165, 1.54) is 33.2 Å². The highest BCUT2D eigenvalue weighted by atomic mass is 16.6. The number of rotatable bonds is 7. The van der Waals surface area contributed by atoms with Gasteiger partial charge in [-0.05, 0) is 31.0 Å². The third-order valence-corrected chi connectivity index (χ3v) is 4.87. The van der Waals surface area contributed by atoms with Crippen LogP contribution in [0.4, 0.5) is 5.69 Å².